The van der Waals surface area contributed by atoms with Gasteiger partial charge in [-0.3, -0.25) is 19.7 Å². The zero-order chi connectivity index (χ0) is 13.8. The van der Waals surface area contributed by atoms with Crippen LogP contribution in [0, 0.1) is 16.0 Å². The molecule has 0 aliphatic heterocycles. The summed E-state index contributed by atoms with van der Waals surface area (Å²) in [7, 11) is 0. The first-order valence-electron chi connectivity index (χ1n) is 5.88. The van der Waals surface area contributed by atoms with Crippen LogP contribution in [0.3, 0.4) is 0 Å². The van der Waals surface area contributed by atoms with Crippen LogP contribution in [0.4, 0.5) is 11.4 Å². The van der Waals surface area contributed by atoms with Crippen molar-refractivity contribution in [3.63, 3.8) is 0 Å². The summed E-state index contributed by atoms with van der Waals surface area (Å²) in [5, 5.41) is 15.6. The van der Waals surface area contributed by atoms with E-state index in [1.165, 1.54) is 18.2 Å². The van der Waals surface area contributed by atoms with Gasteiger partial charge in [0, 0.05) is 23.7 Å². The van der Waals surface area contributed by atoms with E-state index >= 15 is 0 Å². The summed E-state index contributed by atoms with van der Waals surface area (Å²) >= 11 is 0. The van der Waals surface area contributed by atoms with Crippen LogP contribution in [0.5, 0.6) is 0 Å². The Balaban J connectivity index is 1.85. The monoisotopic (exact) mass is 263 g/mol. The van der Waals surface area contributed by atoms with E-state index in [-0.39, 0.29) is 24.1 Å². The van der Waals surface area contributed by atoms with E-state index in [0.29, 0.717) is 5.69 Å². The zero-order valence-corrected chi connectivity index (χ0v) is 10.1. The van der Waals surface area contributed by atoms with Crippen molar-refractivity contribution >= 4 is 23.2 Å². The van der Waals surface area contributed by atoms with Gasteiger partial charge in [-0.05, 0) is 18.9 Å². The molecule has 7 heteroatoms. The van der Waals surface area contributed by atoms with Gasteiger partial charge in [-0.25, -0.2) is 0 Å². The Kier molecular flexibility index (Phi) is 3.74. The Morgan fingerprint density at radius 1 is 1.37 bits per heavy atom. The van der Waals surface area contributed by atoms with Gasteiger partial charge in [-0.15, -0.1) is 0 Å². The third kappa shape index (κ3) is 3.77. The van der Waals surface area contributed by atoms with Crippen molar-refractivity contribution in [1.29, 1.82) is 0 Å². The van der Waals surface area contributed by atoms with Crippen LogP contribution >= 0.6 is 0 Å². The Morgan fingerprint density at radius 3 is 2.74 bits per heavy atom. The molecule has 2 N–H and O–H groups in total. The average molecular weight is 263 g/mol. The second-order valence-electron chi connectivity index (χ2n) is 4.35. The number of hydrogen-bond acceptors (Lipinski definition) is 4. The molecule has 0 atom stereocenters. The van der Waals surface area contributed by atoms with Gasteiger partial charge in [-0.2, -0.15) is 0 Å². The fraction of sp³-hybridized carbons (Fsp3) is 0.333. The smallest absolute Gasteiger partial charge is 0.271 e. The van der Waals surface area contributed by atoms with Gasteiger partial charge in [0.15, 0.2) is 0 Å². The Bertz CT molecular complexity index is 525. The topological polar surface area (TPSA) is 101 Å². The predicted octanol–water partition coefficient (Wildman–Crippen LogP) is 1.06. The van der Waals surface area contributed by atoms with Crippen molar-refractivity contribution in [1.82, 2.24) is 5.32 Å². The van der Waals surface area contributed by atoms with Gasteiger partial charge < -0.3 is 10.6 Å². The van der Waals surface area contributed by atoms with E-state index < -0.39 is 10.8 Å². The summed E-state index contributed by atoms with van der Waals surface area (Å²) in [6.45, 7) is -0.127. The molecule has 0 radical (unpaired) electrons. The largest absolute Gasteiger partial charge is 0.347 e. The first-order chi connectivity index (χ1) is 9.06. The molecular formula is C12H13N3O4. The number of hydrogen-bond donors (Lipinski definition) is 2. The predicted molar refractivity (Wildman–Crippen MR) is 67.5 cm³/mol. The molecule has 0 spiro atoms. The SMILES string of the molecule is O=C(CNC(=O)C1CC1)Nc1cccc([N+](=O)[O-])c1. The molecule has 1 aromatic rings. The molecule has 1 aromatic carbocycles. The third-order valence-corrected chi connectivity index (χ3v) is 2.71. The summed E-state index contributed by atoms with van der Waals surface area (Å²) < 4.78 is 0. The highest BCUT2D eigenvalue weighted by atomic mass is 16.6. The van der Waals surface area contributed by atoms with E-state index in [1.54, 1.807) is 6.07 Å². The number of amides is 2. The van der Waals surface area contributed by atoms with Crippen LogP contribution in [0.1, 0.15) is 12.8 Å². The lowest BCUT2D eigenvalue weighted by Gasteiger charge is -2.06. The second-order valence-corrected chi connectivity index (χ2v) is 4.35. The van der Waals surface area contributed by atoms with Gasteiger partial charge in [0.25, 0.3) is 5.69 Å². The van der Waals surface area contributed by atoms with E-state index in [0.717, 1.165) is 12.8 Å². The van der Waals surface area contributed by atoms with Gasteiger partial charge in [0.1, 0.15) is 0 Å². The number of nitro groups is 1. The highest BCUT2D eigenvalue weighted by Crippen LogP contribution is 2.28. The fourth-order valence-electron chi connectivity index (χ4n) is 1.56. The Labute approximate surface area is 109 Å². The normalized spacial score (nSPS) is 13.7. The van der Waals surface area contributed by atoms with Crippen LogP contribution in [-0.4, -0.2) is 23.3 Å². The quantitative estimate of drug-likeness (QED) is 0.612. The number of rotatable bonds is 5. The number of carbonyl (C=O) groups excluding carboxylic acids is 2. The summed E-state index contributed by atoms with van der Waals surface area (Å²) in [5.41, 5.74) is 0.236. The molecule has 0 aromatic heterocycles. The van der Waals surface area contributed by atoms with E-state index in [4.69, 9.17) is 0 Å². The van der Waals surface area contributed by atoms with Crippen LogP contribution in [0.2, 0.25) is 0 Å². The molecule has 0 unspecified atom stereocenters. The Hall–Kier alpha value is -2.44. The maximum absolute atomic E-state index is 11.5. The first-order valence-corrected chi connectivity index (χ1v) is 5.88. The number of benzene rings is 1. The molecule has 0 saturated heterocycles. The number of non-ortho nitro benzene ring substituents is 1. The lowest BCUT2D eigenvalue weighted by atomic mass is 10.3. The highest BCUT2D eigenvalue weighted by Gasteiger charge is 2.29. The van der Waals surface area contributed by atoms with Crippen LogP contribution in [0.15, 0.2) is 24.3 Å². The third-order valence-electron chi connectivity index (χ3n) is 2.71. The van der Waals surface area contributed by atoms with Gasteiger partial charge in [0.05, 0.1) is 11.5 Å². The number of carbonyl (C=O) groups is 2. The average Bonchev–Trinajstić information content (AvgIpc) is 3.20. The standard InChI is InChI=1S/C12H13N3O4/c16-11(7-13-12(17)8-4-5-8)14-9-2-1-3-10(6-9)15(18)19/h1-3,6,8H,4-5,7H2,(H,13,17)(H,14,16). The van der Waals surface area contributed by atoms with Crippen molar-refractivity contribution in [2.45, 2.75) is 12.8 Å². The van der Waals surface area contributed by atoms with Crippen LogP contribution in [-0.2, 0) is 9.59 Å². The van der Waals surface area contributed by atoms with E-state index in [1.807, 2.05) is 0 Å². The highest BCUT2D eigenvalue weighted by molar-refractivity contribution is 5.95. The van der Waals surface area contributed by atoms with Crippen molar-refractivity contribution in [2.24, 2.45) is 5.92 Å². The van der Waals surface area contributed by atoms with Crippen LogP contribution < -0.4 is 10.6 Å². The second kappa shape index (κ2) is 5.47. The van der Waals surface area contributed by atoms with E-state index in [9.17, 15) is 19.7 Å². The minimum absolute atomic E-state index is 0.0469. The van der Waals surface area contributed by atoms with Gasteiger partial charge >= 0.3 is 0 Å². The summed E-state index contributed by atoms with van der Waals surface area (Å²) in [6.07, 6.45) is 1.75. The molecule has 0 bridgehead atoms. The van der Waals surface area contributed by atoms with Crippen LogP contribution in [0.25, 0.3) is 0 Å². The van der Waals surface area contributed by atoms with Gasteiger partial charge in [-0.1, -0.05) is 6.07 Å². The van der Waals surface area contributed by atoms with Crippen molar-refractivity contribution in [3.8, 4) is 0 Å². The summed E-state index contributed by atoms with van der Waals surface area (Å²) in [5.74, 6) is -0.477. The molecule has 2 rings (SSSR count). The lowest BCUT2D eigenvalue weighted by Crippen LogP contribution is -2.33. The molecule has 19 heavy (non-hydrogen) atoms. The molecule has 1 aliphatic carbocycles. The Morgan fingerprint density at radius 2 is 2.11 bits per heavy atom. The van der Waals surface area contributed by atoms with Crippen molar-refractivity contribution in [2.75, 3.05) is 11.9 Å². The lowest BCUT2D eigenvalue weighted by molar-refractivity contribution is -0.384. The molecule has 1 aliphatic rings. The maximum atomic E-state index is 11.5. The minimum Gasteiger partial charge on any atom is -0.347 e. The van der Waals surface area contributed by atoms with Gasteiger partial charge in [0.2, 0.25) is 11.8 Å². The molecule has 2 amide bonds. The van der Waals surface area contributed by atoms with Crippen molar-refractivity contribution in [3.05, 3.63) is 34.4 Å². The number of nitrogens with one attached hydrogen (secondary N) is 2. The number of anilines is 1. The fourth-order valence-corrected chi connectivity index (χ4v) is 1.56. The first kappa shape index (κ1) is 13.0. The summed E-state index contributed by atoms with van der Waals surface area (Å²) in [6, 6.07) is 5.63. The zero-order valence-electron chi connectivity index (χ0n) is 10.1. The minimum atomic E-state index is -0.537. The molecule has 0 heterocycles. The van der Waals surface area contributed by atoms with E-state index in [2.05, 4.69) is 10.6 Å². The maximum Gasteiger partial charge on any atom is 0.271 e. The molecule has 100 valence electrons. The number of nitro benzene ring substituents is 1. The molecule has 1 saturated carbocycles. The molecule has 7 nitrogen and oxygen atoms in total. The van der Waals surface area contributed by atoms with Crippen molar-refractivity contribution < 1.29 is 14.5 Å². The summed E-state index contributed by atoms with van der Waals surface area (Å²) in [4.78, 5) is 32.9. The number of nitrogens with zero attached hydrogens (tertiary/aromatic N) is 1. The molecular weight excluding hydrogens is 250 g/mol. The molecule has 1 fully saturated rings.